The van der Waals surface area contributed by atoms with E-state index in [0.717, 1.165) is 12.1 Å². The number of hydrogen-bond donors (Lipinski definition) is 2. The first kappa shape index (κ1) is 14.9. The Bertz CT molecular complexity index is 418. The van der Waals surface area contributed by atoms with Crippen molar-refractivity contribution in [1.82, 2.24) is 5.32 Å². The third kappa shape index (κ3) is 4.98. The Labute approximate surface area is 110 Å². The predicted molar refractivity (Wildman–Crippen MR) is 74.7 cm³/mol. The van der Waals surface area contributed by atoms with Gasteiger partial charge in [-0.1, -0.05) is 36.8 Å². The van der Waals surface area contributed by atoms with E-state index < -0.39 is 16.7 Å². The molecule has 4 nitrogen and oxygen atoms in total. The number of carbonyl (C=O) groups is 1. The van der Waals surface area contributed by atoms with Crippen LogP contribution in [0.4, 0.5) is 0 Å². The molecular weight excluding hydrogens is 248 g/mol. The van der Waals surface area contributed by atoms with Crippen molar-refractivity contribution in [3.63, 3.8) is 0 Å². The maximum absolute atomic E-state index is 11.7. The van der Waals surface area contributed by atoms with Gasteiger partial charge in [0, 0.05) is 22.6 Å². The van der Waals surface area contributed by atoms with E-state index in [1.807, 2.05) is 38.1 Å². The van der Waals surface area contributed by atoms with Crippen molar-refractivity contribution >= 4 is 16.7 Å². The molecule has 0 aliphatic rings. The third-order valence-corrected chi connectivity index (χ3v) is 3.90. The van der Waals surface area contributed by atoms with Crippen LogP contribution in [0.15, 0.2) is 24.3 Å². The van der Waals surface area contributed by atoms with Crippen LogP contribution >= 0.6 is 0 Å². The number of primary amides is 1. The highest BCUT2D eigenvalue weighted by molar-refractivity contribution is 7.85. The number of hydrogen-bond acceptors (Lipinski definition) is 3. The normalized spacial score (nSPS) is 14.1. The number of nitrogens with one attached hydrogen (secondary N) is 1. The number of benzene rings is 1. The topological polar surface area (TPSA) is 72.2 Å². The zero-order valence-electron chi connectivity index (χ0n) is 10.8. The second-order valence-electron chi connectivity index (χ2n) is 4.24. The molecule has 2 unspecified atom stereocenters. The molecule has 1 rings (SSSR count). The summed E-state index contributed by atoms with van der Waals surface area (Å²) >= 11 is 0. The van der Waals surface area contributed by atoms with Gasteiger partial charge in [-0.05, 0) is 19.0 Å². The Morgan fingerprint density at radius 2 is 2.00 bits per heavy atom. The molecule has 0 spiro atoms. The second kappa shape index (κ2) is 7.28. The van der Waals surface area contributed by atoms with Crippen molar-refractivity contribution < 1.29 is 9.00 Å². The molecule has 0 aromatic heterocycles. The monoisotopic (exact) mass is 268 g/mol. The molecular formula is C13H20N2O2S. The molecule has 18 heavy (non-hydrogen) atoms. The van der Waals surface area contributed by atoms with Gasteiger partial charge in [0.1, 0.15) is 5.75 Å². The second-order valence-corrected chi connectivity index (χ2v) is 5.74. The number of aryl methyl sites for hydroxylation is 1. The SMILES string of the molecule is CCNC(CS(=O)CC(N)=O)c1ccc(C)cc1. The van der Waals surface area contributed by atoms with E-state index in [4.69, 9.17) is 5.73 Å². The molecule has 0 fully saturated rings. The maximum atomic E-state index is 11.7. The zero-order chi connectivity index (χ0) is 13.5. The first-order chi connectivity index (χ1) is 8.52. The highest BCUT2D eigenvalue weighted by Gasteiger charge is 2.15. The van der Waals surface area contributed by atoms with Crippen molar-refractivity contribution in [2.75, 3.05) is 18.1 Å². The number of nitrogens with two attached hydrogens (primary N) is 1. The molecule has 1 amide bonds. The maximum Gasteiger partial charge on any atom is 0.230 e. The standard InChI is InChI=1S/C13H20N2O2S/c1-3-15-12(8-18(17)9-13(14)16)11-6-4-10(2)5-7-11/h4-7,12,15H,3,8-9H2,1-2H3,(H2,14,16). The molecule has 5 heteroatoms. The van der Waals surface area contributed by atoms with E-state index >= 15 is 0 Å². The van der Waals surface area contributed by atoms with Crippen molar-refractivity contribution in [2.45, 2.75) is 19.9 Å². The fourth-order valence-corrected chi connectivity index (χ4v) is 2.84. The average molecular weight is 268 g/mol. The predicted octanol–water partition coefficient (Wildman–Crippen LogP) is 0.880. The molecule has 0 aliphatic carbocycles. The van der Waals surface area contributed by atoms with Crippen LogP contribution in [0.25, 0.3) is 0 Å². The molecule has 100 valence electrons. The lowest BCUT2D eigenvalue weighted by Gasteiger charge is -2.17. The minimum Gasteiger partial charge on any atom is -0.369 e. The largest absolute Gasteiger partial charge is 0.369 e. The lowest BCUT2D eigenvalue weighted by molar-refractivity contribution is -0.115. The minimum absolute atomic E-state index is 0.00390. The number of carbonyl (C=O) groups excluding carboxylic acids is 1. The van der Waals surface area contributed by atoms with Crippen molar-refractivity contribution in [3.05, 3.63) is 35.4 Å². The van der Waals surface area contributed by atoms with E-state index in [1.54, 1.807) is 0 Å². The van der Waals surface area contributed by atoms with E-state index in [1.165, 1.54) is 5.56 Å². The molecule has 0 bridgehead atoms. The Morgan fingerprint density at radius 3 is 2.50 bits per heavy atom. The highest BCUT2D eigenvalue weighted by Crippen LogP contribution is 2.15. The van der Waals surface area contributed by atoms with E-state index in [-0.39, 0.29) is 11.8 Å². The highest BCUT2D eigenvalue weighted by atomic mass is 32.2. The van der Waals surface area contributed by atoms with Gasteiger partial charge >= 0.3 is 0 Å². The summed E-state index contributed by atoms with van der Waals surface area (Å²) in [6.07, 6.45) is 0. The molecule has 1 aromatic rings. The van der Waals surface area contributed by atoms with Crippen LogP contribution in [-0.4, -0.2) is 28.2 Å². The van der Waals surface area contributed by atoms with Gasteiger partial charge in [0.25, 0.3) is 0 Å². The molecule has 0 saturated carbocycles. The average Bonchev–Trinajstić information content (AvgIpc) is 2.28. The van der Waals surface area contributed by atoms with Crippen LogP contribution in [0.5, 0.6) is 0 Å². The van der Waals surface area contributed by atoms with Gasteiger partial charge in [-0.25, -0.2) is 0 Å². The summed E-state index contributed by atoms with van der Waals surface area (Å²) in [6.45, 7) is 4.81. The molecule has 2 atom stereocenters. The van der Waals surface area contributed by atoms with E-state index in [9.17, 15) is 9.00 Å². The van der Waals surface area contributed by atoms with Crippen LogP contribution in [0.2, 0.25) is 0 Å². The van der Waals surface area contributed by atoms with Crippen LogP contribution in [0.1, 0.15) is 24.1 Å². The first-order valence-electron chi connectivity index (χ1n) is 5.96. The van der Waals surface area contributed by atoms with Crippen molar-refractivity contribution in [2.24, 2.45) is 5.73 Å². The summed E-state index contributed by atoms with van der Waals surface area (Å²) < 4.78 is 11.7. The van der Waals surface area contributed by atoms with Gasteiger partial charge in [0.2, 0.25) is 5.91 Å². The molecule has 1 aromatic carbocycles. The molecule has 3 N–H and O–H groups in total. The van der Waals surface area contributed by atoms with Gasteiger partial charge < -0.3 is 11.1 Å². The van der Waals surface area contributed by atoms with Crippen LogP contribution in [0.3, 0.4) is 0 Å². The van der Waals surface area contributed by atoms with Gasteiger partial charge in [-0.15, -0.1) is 0 Å². The van der Waals surface area contributed by atoms with Gasteiger partial charge in [0.15, 0.2) is 0 Å². The summed E-state index contributed by atoms with van der Waals surface area (Å²) in [6, 6.07) is 8.08. The van der Waals surface area contributed by atoms with Crippen LogP contribution < -0.4 is 11.1 Å². The van der Waals surface area contributed by atoms with Crippen LogP contribution in [-0.2, 0) is 15.6 Å². The molecule has 0 heterocycles. The Morgan fingerprint density at radius 1 is 1.39 bits per heavy atom. The summed E-state index contributed by atoms with van der Waals surface area (Å²) in [5.41, 5.74) is 7.32. The van der Waals surface area contributed by atoms with Crippen molar-refractivity contribution in [1.29, 1.82) is 0 Å². The quantitative estimate of drug-likeness (QED) is 0.771. The van der Waals surface area contributed by atoms with Gasteiger partial charge in [-0.2, -0.15) is 0 Å². The van der Waals surface area contributed by atoms with Crippen LogP contribution in [0, 0.1) is 6.92 Å². The summed E-state index contributed by atoms with van der Waals surface area (Å²) in [7, 11) is -1.22. The Kier molecular flexibility index (Phi) is 6.01. The Balaban J connectivity index is 2.73. The van der Waals surface area contributed by atoms with Gasteiger partial charge in [0.05, 0.1) is 0 Å². The Hall–Kier alpha value is -1.20. The minimum atomic E-state index is -1.22. The summed E-state index contributed by atoms with van der Waals surface area (Å²) in [4.78, 5) is 10.7. The first-order valence-corrected chi connectivity index (χ1v) is 7.45. The van der Waals surface area contributed by atoms with E-state index in [0.29, 0.717) is 5.75 Å². The zero-order valence-corrected chi connectivity index (χ0v) is 11.6. The van der Waals surface area contributed by atoms with Gasteiger partial charge in [-0.3, -0.25) is 9.00 Å². The third-order valence-electron chi connectivity index (χ3n) is 2.59. The fourth-order valence-electron chi connectivity index (χ4n) is 1.72. The smallest absolute Gasteiger partial charge is 0.230 e. The fraction of sp³-hybridized carbons (Fsp3) is 0.462. The number of amides is 1. The van der Waals surface area contributed by atoms with Crippen molar-refractivity contribution in [3.8, 4) is 0 Å². The van der Waals surface area contributed by atoms with E-state index in [2.05, 4.69) is 5.32 Å². The lowest BCUT2D eigenvalue weighted by atomic mass is 10.1. The number of rotatable bonds is 7. The summed E-state index contributed by atoms with van der Waals surface area (Å²) in [5.74, 6) is -0.194. The molecule has 0 saturated heterocycles. The summed E-state index contributed by atoms with van der Waals surface area (Å²) in [5, 5.41) is 3.28. The molecule has 0 aliphatic heterocycles. The lowest BCUT2D eigenvalue weighted by Crippen LogP contribution is -2.29. The molecule has 0 radical (unpaired) electrons.